The number of carbonyl (C=O) groups excluding carboxylic acids is 2. The molecular formula is C25H30N2O2. The molecule has 1 heterocycles. The van der Waals surface area contributed by atoms with Gasteiger partial charge < -0.3 is 10.2 Å². The van der Waals surface area contributed by atoms with Gasteiger partial charge in [-0.2, -0.15) is 0 Å². The van der Waals surface area contributed by atoms with E-state index in [4.69, 9.17) is 0 Å². The SMILES string of the molecule is CCN(CC)C(=O)c1ccc(C(=C2CCNCC2)c2ccc(C(C)=O)cc2)cc1. The molecule has 1 aliphatic heterocycles. The van der Waals surface area contributed by atoms with E-state index in [9.17, 15) is 9.59 Å². The lowest BCUT2D eigenvalue weighted by Gasteiger charge is -2.22. The maximum absolute atomic E-state index is 12.6. The van der Waals surface area contributed by atoms with Gasteiger partial charge in [0.05, 0.1) is 0 Å². The quantitative estimate of drug-likeness (QED) is 0.736. The first-order valence-electron chi connectivity index (χ1n) is 10.5. The summed E-state index contributed by atoms with van der Waals surface area (Å²) in [5.74, 6) is 0.148. The number of hydrogen-bond acceptors (Lipinski definition) is 3. The Kier molecular flexibility index (Phi) is 6.99. The van der Waals surface area contributed by atoms with Gasteiger partial charge in [0.15, 0.2) is 5.78 Å². The van der Waals surface area contributed by atoms with Crippen molar-refractivity contribution in [3.8, 4) is 0 Å². The second-order valence-corrected chi connectivity index (χ2v) is 7.42. The number of nitrogens with zero attached hydrogens (tertiary/aromatic N) is 1. The fourth-order valence-corrected chi connectivity index (χ4v) is 3.90. The van der Waals surface area contributed by atoms with E-state index in [0.29, 0.717) is 13.1 Å². The zero-order chi connectivity index (χ0) is 20.8. The van der Waals surface area contributed by atoms with E-state index in [-0.39, 0.29) is 11.7 Å². The lowest BCUT2D eigenvalue weighted by atomic mass is 9.88. The summed E-state index contributed by atoms with van der Waals surface area (Å²) >= 11 is 0. The van der Waals surface area contributed by atoms with Crippen LogP contribution in [-0.2, 0) is 0 Å². The molecule has 0 spiro atoms. The summed E-state index contributed by atoms with van der Waals surface area (Å²) in [6.07, 6.45) is 2.01. The van der Waals surface area contributed by atoms with Gasteiger partial charge in [0, 0.05) is 24.2 Å². The molecule has 0 aromatic heterocycles. The zero-order valence-electron chi connectivity index (χ0n) is 17.6. The highest BCUT2D eigenvalue weighted by Gasteiger charge is 2.17. The highest BCUT2D eigenvalue weighted by Crippen LogP contribution is 2.31. The first-order chi connectivity index (χ1) is 14.0. The monoisotopic (exact) mass is 390 g/mol. The Hall–Kier alpha value is -2.72. The molecule has 0 bridgehead atoms. The van der Waals surface area contributed by atoms with Crippen LogP contribution in [0.3, 0.4) is 0 Å². The van der Waals surface area contributed by atoms with Gasteiger partial charge in [-0.15, -0.1) is 0 Å². The van der Waals surface area contributed by atoms with Gasteiger partial charge in [-0.05, 0) is 75.5 Å². The Bertz CT molecular complexity index is 883. The zero-order valence-corrected chi connectivity index (χ0v) is 17.6. The van der Waals surface area contributed by atoms with Crippen LogP contribution in [0.5, 0.6) is 0 Å². The van der Waals surface area contributed by atoms with Crippen molar-refractivity contribution >= 4 is 17.3 Å². The topological polar surface area (TPSA) is 49.4 Å². The van der Waals surface area contributed by atoms with Crippen LogP contribution in [0.15, 0.2) is 54.1 Å². The van der Waals surface area contributed by atoms with Crippen LogP contribution in [0.2, 0.25) is 0 Å². The third-order valence-electron chi connectivity index (χ3n) is 5.61. The van der Waals surface area contributed by atoms with Crippen molar-refractivity contribution in [1.82, 2.24) is 10.2 Å². The molecule has 1 saturated heterocycles. The second-order valence-electron chi connectivity index (χ2n) is 7.42. The standard InChI is InChI=1S/C25H30N2O2/c1-4-27(5-2)25(29)23-12-10-21(11-13-23)24(22-14-16-26-17-15-22)20-8-6-19(7-9-20)18(3)28/h6-13,26H,4-5,14-17H2,1-3H3. The number of benzene rings is 2. The lowest BCUT2D eigenvalue weighted by molar-refractivity contribution is 0.0772. The van der Waals surface area contributed by atoms with Gasteiger partial charge in [-0.25, -0.2) is 0 Å². The molecule has 152 valence electrons. The molecule has 1 amide bonds. The molecule has 0 radical (unpaired) electrons. The smallest absolute Gasteiger partial charge is 0.253 e. The van der Waals surface area contributed by atoms with Crippen molar-refractivity contribution < 1.29 is 9.59 Å². The molecule has 1 fully saturated rings. The number of amides is 1. The first kappa shape index (κ1) is 21.0. The van der Waals surface area contributed by atoms with E-state index in [0.717, 1.165) is 48.2 Å². The Labute approximate surface area is 173 Å². The van der Waals surface area contributed by atoms with Gasteiger partial charge >= 0.3 is 0 Å². The van der Waals surface area contributed by atoms with E-state index in [1.807, 2.05) is 55.1 Å². The van der Waals surface area contributed by atoms with Gasteiger partial charge in [-0.3, -0.25) is 9.59 Å². The predicted octanol–water partition coefficient (Wildman–Crippen LogP) is 4.56. The summed E-state index contributed by atoms with van der Waals surface area (Å²) in [6, 6.07) is 15.9. The van der Waals surface area contributed by atoms with Crippen molar-refractivity contribution in [3.63, 3.8) is 0 Å². The molecule has 2 aromatic rings. The molecule has 29 heavy (non-hydrogen) atoms. The summed E-state index contributed by atoms with van der Waals surface area (Å²) in [5, 5.41) is 3.42. The summed E-state index contributed by atoms with van der Waals surface area (Å²) in [7, 11) is 0. The van der Waals surface area contributed by atoms with E-state index >= 15 is 0 Å². The molecule has 4 heteroatoms. The molecule has 0 atom stereocenters. The molecule has 4 nitrogen and oxygen atoms in total. The lowest BCUT2D eigenvalue weighted by Crippen LogP contribution is -2.30. The number of hydrogen-bond donors (Lipinski definition) is 1. The normalized spacial score (nSPS) is 13.8. The van der Waals surface area contributed by atoms with Crippen LogP contribution in [0.25, 0.3) is 5.57 Å². The van der Waals surface area contributed by atoms with Crippen LogP contribution >= 0.6 is 0 Å². The van der Waals surface area contributed by atoms with Gasteiger partial charge in [-0.1, -0.05) is 42.0 Å². The number of piperidine rings is 1. The third-order valence-corrected chi connectivity index (χ3v) is 5.61. The summed E-state index contributed by atoms with van der Waals surface area (Å²) in [5.41, 5.74) is 6.33. The number of nitrogens with one attached hydrogen (secondary N) is 1. The van der Waals surface area contributed by atoms with Gasteiger partial charge in [0.25, 0.3) is 5.91 Å². The van der Waals surface area contributed by atoms with Crippen molar-refractivity contribution in [2.75, 3.05) is 26.2 Å². The van der Waals surface area contributed by atoms with Crippen molar-refractivity contribution in [2.45, 2.75) is 33.6 Å². The molecular weight excluding hydrogens is 360 g/mol. The Morgan fingerprint density at radius 1 is 0.793 bits per heavy atom. The minimum Gasteiger partial charge on any atom is -0.339 e. The molecule has 2 aromatic carbocycles. The summed E-state index contributed by atoms with van der Waals surface area (Å²) in [6.45, 7) is 8.96. The molecule has 0 saturated carbocycles. The maximum Gasteiger partial charge on any atom is 0.253 e. The predicted molar refractivity (Wildman–Crippen MR) is 118 cm³/mol. The summed E-state index contributed by atoms with van der Waals surface area (Å²) < 4.78 is 0. The fraction of sp³-hybridized carbons (Fsp3) is 0.360. The van der Waals surface area contributed by atoms with E-state index < -0.39 is 0 Å². The fourth-order valence-electron chi connectivity index (χ4n) is 3.90. The molecule has 3 rings (SSSR count). The minimum atomic E-state index is 0.0726. The number of ketones is 1. The van der Waals surface area contributed by atoms with Crippen LogP contribution in [0.1, 0.15) is 65.5 Å². The largest absolute Gasteiger partial charge is 0.339 e. The Balaban J connectivity index is 1.99. The minimum absolute atomic E-state index is 0.0726. The van der Waals surface area contributed by atoms with E-state index in [1.54, 1.807) is 6.92 Å². The maximum atomic E-state index is 12.6. The Morgan fingerprint density at radius 2 is 1.24 bits per heavy atom. The van der Waals surface area contributed by atoms with Crippen LogP contribution in [-0.4, -0.2) is 42.8 Å². The average molecular weight is 391 g/mol. The average Bonchev–Trinajstić information content (AvgIpc) is 2.76. The van der Waals surface area contributed by atoms with E-state index in [1.165, 1.54) is 11.1 Å². The number of carbonyl (C=O) groups is 2. The molecule has 0 unspecified atom stereocenters. The van der Waals surface area contributed by atoms with Gasteiger partial charge in [0.1, 0.15) is 0 Å². The number of Topliss-reactive ketones (excluding diaryl/α,β-unsaturated/α-hetero) is 1. The van der Waals surface area contributed by atoms with Crippen LogP contribution < -0.4 is 5.32 Å². The highest BCUT2D eigenvalue weighted by atomic mass is 16.2. The number of rotatable bonds is 6. The second kappa shape index (κ2) is 9.66. The van der Waals surface area contributed by atoms with Crippen LogP contribution in [0.4, 0.5) is 0 Å². The van der Waals surface area contributed by atoms with Crippen molar-refractivity contribution in [2.24, 2.45) is 0 Å². The van der Waals surface area contributed by atoms with Gasteiger partial charge in [0.2, 0.25) is 0 Å². The molecule has 1 N–H and O–H groups in total. The third kappa shape index (κ3) is 4.83. The summed E-state index contributed by atoms with van der Waals surface area (Å²) in [4.78, 5) is 26.1. The highest BCUT2D eigenvalue weighted by molar-refractivity contribution is 5.96. The van der Waals surface area contributed by atoms with Crippen LogP contribution in [0, 0.1) is 0 Å². The van der Waals surface area contributed by atoms with E-state index in [2.05, 4.69) is 17.4 Å². The van der Waals surface area contributed by atoms with Crippen molar-refractivity contribution in [3.05, 3.63) is 76.4 Å². The molecule has 0 aliphatic carbocycles. The van der Waals surface area contributed by atoms with Crippen molar-refractivity contribution in [1.29, 1.82) is 0 Å². The molecule has 1 aliphatic rings. The first-order valence-corrected chi connectivity index (χ1v) is 10.5. The Morgan fingerprint density at radius 3 is 1.69 bits per heavy atom.